The summed E-state index contributed by atoms with van der Waals surface area (Å²) in [6.45, 7) is 0. The Balaban J connectivity index is 2.41. The smallest absolute Gasteiger partial charge is 0.312 e. The summed E-state index contributed by atoms with van der Waals surface area (Å²) in [5, 5.41) is 14.8. The third-order valence-corrected chi connectivity index (χ3v) is 2.91. The topological polar surface area (TPSA) is 74.2 Å². The van der Waals surface area contributed by atoms with Gasteiger partial charge in [-0.25, -0.2) is 4.98 Å². The first kappa shape index (κ1) is 13.9. The molecule has 0 amide bonds. The van der Waals surface area contributed by atoms with E-state index in [1.165, 1.54) is 10.6 Å². The van der Waals surface area contributed by atoms with E-state index in [1.807, 2.05) is 0 Å². The van der Waals surface area contributed by atoms with Crippen LogP contribution in [0.5, 0.6) is 0 Å². The SMILES string of the molecule is N=C(OC(=N)C(F)F)c1ncc2c(Cl)cc(Br)cn12. The molecule has 0 saturated carbocycles. The molecule has 100 valence electrons. The van der Waals surface area contributed by atoms with E-state index in [1.54, 1.807) is 12.3 Å². The summed E-state index contributed by atoms with van der Waals surface area (Å²) < 4.78 is 30.8. The molecule has 2 aromatic rings. The Labute approximate surface area is 119 Å². The lowest BCUT2D eigenvalue weighted by Crippen LogP contribution is -2.20. The van der Waals surface area contributed by atoms with E-state index in [2.05, 4.69) is 25.7 Å². The zero-order valence-corrected chi connectivity index (χ0v) is 11.5. The molecule has 0 spiro atoms. The van der Waals surface area contributed by atoms with Crippen molar-refractivity contribution >= 4 is 44.8 Å². The molecule has 0 aliphatic rings. The normalized spacial score (nSPS) is 11.0. The van der Waals surface area contributed by atoms with E-state index >= 15 is 0 Å². The highest BCUT2D eigenvalue weighted by molar-refractivity contribution is 9.10. The average molecular weight is 352 g/mol. The second-order valence-corrected chi connectivity index (χ2v) is 4.76. The van der Waals surface area contributed by atoms with E-state index in [-0.39, 0.29) is 5.82 Å². The Hall–Kier alpha value is -1.54. The van der Waals surface area contributed by atoms with E-state index in [0.29, 0.717) is 15.0 Å². The minimum absolute atomic E-state index is 0.0244. The molecule has 0 bridgehead atoms. The second-order valence-electron chi connectivity index (χ2n) is 3.44. The summed E-state index contributed by atoms with van der Waals surface area (Å²) >= 11 is 9.19. The Kier molecular flexibility index (Phi) is 3.81. The van der Waals surface area contributed by atoms with Gasteiger partial charge in [0, 0.05) is 10.7 Å². The quantitative estimate of drug-likeness (QED) is 0.643. The van der Waals surface area contributed by atoms with Gasteiger partial charge in [0.2, 0.25) is 5.82 Å². The molecule has 2 N–H and O–H groups in total. The van der Waals surface area contributed by atoms with Crippen molar-refractivity contribution in [3.8, 4) is 0 Å². The van der Waals surface area contributed by atoms with Crippen LogP contribution in [0.1, 0.15) is 5.82 Å². The van der Waals surface area contributed by atoms with Crippen molar-refractivity contribution in [2.24, 2.45) is 0 Å². The van der Waals surface area contributed by atoms with Gasteiger partial charge < -0.3 is 4.74 Å². The summed E-state index contributed by atoms with van der Waals surface area (Å²) in [5.41, 5.74) is 0.497. The van der Waals surface area contributed by atoms with Gasteiger partial charge in [0.25, 0.3) is 11.8 Å². The summed E-state index contributed by atoms with van der Waals surface area (Å²) in [4.78, 5) is 3.88. The monoisotopic (exact) mass is 350 g/mol. The van der Waals surface area contributed by atoms with E-state index < -0.39 is 18.2 Å². The van der Waals surface area contributed by atoms with Gasteiger partial charge in [-0.2, -0.15) is 8.78 Å². The first-order valence-corrected chi connectivity index (χ1v) is 6.02. The maximum Gasteiger partial charge on any atom is 0.312 e. The average Bonchev–Trinajstić information content (AvgIpc) is 2.72. The van der Waals surface area contributed by atoms with Crippen LogP contribution in [0, 0.1) is 10.8 Å². The first-order valence-electron chi connectivity index (χ1n) is 4.85. The number of rotatable bonds is 2. The Morgan fingerprint density at radius 1 is 1.47 bits per heavy atom. The Morgan fingerprint density at radius 2 is 2.16 bits per heavy atom. The van der Waals surface area contributed by atoms with Gasteiger partial charge in [-0.3, -0.25) is 15.2 Å². The molecular weight excluding hydrogens is 345 g/mol. The van der Waals surface area contributed by atoms with Crippen LogP contribution in [0.4, 0.5) is 8.78 Å². The van der Waals surface area contributed by atoms with E-state index in [4.69, 9.17) is 22.4 Å². The standard InChI is InChI=1S/C10H6BrClF2N4O/c11-4-1-5(12)6-2-17-10(18(6)3-4)9(16)19-8(15)7(13)14/h1-3,7,15-16H. The van der Waals surface area contributed by atoms with Crippen molar-refractivity contribution in [2.75, 3.05) is 0 Å². The predicted octanol–water partition coefficient (Wildman–Crippen LogP) is 3.33. The number of alkyl halides is 2. The minimum Gasteiger partial charge on any atom is -0.416 e. The number of hydrogen-bond acceptors (Lipinski definition) is 4. The molecule has 2 rings (SSSR count). The zero-order valence-electron chi connectivity index (χ0n) is 9.12. The number of fused-ring (bicyclic) bond motifs is 1. The van der Waals surface area contributed by atoms with Gasteiger partial charge in [0.05, 0.1) is 16.7 Å². The lowest BCUT2D eigenvalue weighted by Gasteiger charge is -2.07. The third kappa shape index (κ3) is 2.74. The number of aromatic nitrogens is 2. The number of hydrogen-bond donors (Lipinski definition) is 2. The fourth-order valence-corrected chi connectivity index (χ4v) is 2.21. The molecule has 0 radical (unpaired) electrons. The van der Waals surface area contributed by atoms with Crippen LogP contribution in [0.15, 0.2) is 22.9 Å². The molecule has 0 saturated heterocycles. The molecule has 5 nitrogen and oxygen atoms in total. The second kappa shape index (κ2) is 5.22. The molecule has 9 heteroatoms. The van der Waals surface area contributed by atoms with E-state index in [9.17, 15) is 8.78 Å². The maximum atomic E-state index is 12.2. The highest BCUT2D eigenvalue weighted by atomic mass is 79.9. The first-order chi connectivity index (χ1) is 8.90. The lowest BCUT2D eigenvalue weighted by molar-refractivity contribution is 0.197. The molecule has 19 heavy (non-hydrogen) atoms. The van der Waals surface area contributed by atoms with Crippen LogP contribution in [0.2, 0.25) is 5.02 Å². The number of nitrogens with zero attached hydrogens (tertiary/aromatic N) is 2. The molecular formula is C10H6BrClF2N4O. The Morgan fingerprint density at radius 3 is 2.79 bits per heavy atom. The van der Waals surface area contributed by atoms with Crippen molar-refractivity contribution in [2.45, 2.75) is 6.43 Å². The molecule has 2 aromatic heterocycles. The summed E-state index contributed by atoms with van der Waals surface area (Å²) in [7, 11) is 0. The fraction of sp³-hybridized carbons (Fsp3) is 0.100. The number of imidazole rings is 1. The highest BCUT2D eigenvalue weighted by Crippen LogP contribution is 2.23. The van der Waals surface area contributed by atoms with Gasteiger partial charge in [-0.1, -0.05) is 11.6 Å². The number of nitrogens with one attached hydrogen (secondary N) is 2. The maximum absolute atomic E-state index is 12.2. The molecule has 0 atom stereocenters. The Bertz CT molecular complexity index is 673. The number of ether oxygens (including phenoxy) is 1. The van der Waals surface area contributed by atoms with Gasteiger partial charge in [0.15, 0.2) is 0 Å². The van der Waals surface area contributed by atoms with Crippen LogP contribution < -0.4 is 0 Å². The minimum atomic E-state index is -3.08. The van der Waals surface area contributed by atoms with Crippen LogP contribution >= 0.6 is 27.5 Å². The van der Waals surface area contributed by atoms with Crippen LogP contribution in [-0.2, 0) is 4.74 Å². The zero-order chi connectivity index (χ0) is 14.2. The van der Waals surface area contributed by atoms with Crippen molar-refractivity contribution in [3.05, 3.63) is 33.8 Å². The molecule has 0 aliphatic heterocycles. The predicted molar refractivity (Wildman–Crippen MR) is 69.5 cm³/mol. The van der Waals surface area contributed by atoms with Crippen molar-refractivity contribution in [1.29, 1.82) is 10.8 Å². The molecule has 2 heterocycles. The molecule has 0 aromatic carbocycles. The van der Waals surface area contributed by atoms with Crippen LogP contribution in [0.3, 0.4) is 0 Å². The lowest BCUT2D eigenvalue weighted by atomic mass is 10.4. The van der Waals surface area contributed by atoms with Crippen molar-refractivity contribution in [1.82, 2.24) is 9.38 Å². The molecule has 0 fully saturated rings. The van der Waals surface area contributed by atoms with Gasteiger partial charge in [-0.05, 0) is 22.0 Å². The summed E-state index contributed by atoms with van der Waals surface area (Å²) in [6, 6.07) is 1.63. The fourth-order valence-electron chi connectivity index (χ4n) is 1.39. The van der Waals surface area contributed by atoms with Crippen molar-refractivity contribution < 1.29 is 13.5 Å². The number of pyridine rings is 1. The molecule has 0 unspecified atom stereocenters. The summed E-state index contributed by atoms with van der Waals surface area (Å²) in [6.07, 6.45) is -0.136. The summed E-state index contributed by atoms with van der Waals surface area (Å²) in [5.74, 6) is -1.98. The van der Waals surface area contributed by atoms with Crippen molar-refractivity contribution in [3.63, 3.8) is 0 Å². The van der Waals surface area contributed by atoms with E-state index in [0.717, 1.165) is 0 Å². The third-order valence-electron chi connectivity index (χ3n) is 2.17. The van der Waals surface area contributed by atoms with Gasteiger partial charge in [0.1, 0.15) is 0 Å². The van der Waals surface area contributed by atoms with Gasteiger partial charge >= 0.3 is 6.43 Å². The molecule has 0 aliphatic carbocycles. The van der Waals surface area contributed by atoms with Crippen LogP contribution in [0.25, 0.3) is 5.52 Å². The largest absolute Gasteiger partial charge is 0.416 e. The number of halogens is 4. The van der Waals surface area contributed by atoms with Gasteiger partial charge in [-0.15, -0.1) is 0 Å². The van der Waals surface area contributed by atoms with Crippen LogP contribution in [-0.4, -0.2) is 27.6 Å². The highest BCUT2D eigenvalue weighted by Gasteiger charge is 2.19.